The lowest BCUT2D eigenvalue weighted by Gasteiger charge is -2.41. The number of fused-ring (bicyclic) bond motifs is 1. The first kappa shape index (κ1) is 23.7. The molecule has 1 aliphatic rings. The fourth-order valence-electron chi connectivity index (χ4n) is 4.34. The van der Waals surface area contributed by atoms with E-state index in [1.54, 1.807) is 31.6 Å². The van der Waals surface area contributed by atoms with Gasteiger partial charge in [0.2, 0.25) is 0 Å². The van der Waals surface area contributed by atoms with Crippen LogP contribution in [0.4, 0.5) is 18.9 Å². The van der Waals surface area contributed by atoms with Crippen molar-refractivity contribution in [2.75, 3.05) is 31.6 Å². The molecule has 0 radical (unpaired) electrons. The number of amides is 1. The molecule has 11 heteroatoms. The molecule has 1 amide bonds. The number of nitrogens with zero attached hydrogens (tertiary/aromatic N) is 4. The lowest BCUT2D eigenvalue weighted by Crippen LogP contribution is -2.51. The van der Waals surface area contributed by atoms with Gasteiger partial charge in [-0.25, -0.2) is 4.98 Å². The van der Waals surface area contributed by atoms with Crippen LogP contribution in [0.5, 0.6) is 0 Å². The molecule has 34 heavy (non-hydrogen) atoms. The van der Waals surface area contributed by atoms with Gasteiger partial charge in [0, 0.05) is 45.5 Å². The normalized spacial score (nSPS) is 17.2. The van der Waals surface area contributed by atoms with Gasteiger partial charge in [0.05, 0.1) is 22.9 Å². The van der Waals surface area contributed by atoms with Crippen LogP contribution >= 0.6 is 0 Å². The number of aromatic nitrogens is 3. The summed E-state index contributed by atoms with van der Waals surface area (Å²) in [6.07, 6.45) is -1.48. The van der Waals surface area contributed by atoms with Crippen LogP contribution < -0.4 is 15.8 Å². The van der Waals surface area contributed by atoms with Crippen LogP contribution in [0.3, 0.4) is 0 Å². The third-order valence-electron chi connectivity index (χ3n) is 6.16. The van der Waals surface area contributed by atoms with Crippen LogP contribution in [0.25, 0.3) is 11.0 Å². The van der Waals surface area contributed by atoms with Crippen molar-refractivity contribution in [2.24, 2.45) is 0 Å². The Labute approximate surface area is 193 Å². The van der Waals surface area contributed by atoms with Gasteiger partial charge in [-0.1, -0.05) is 0 Å². The maximum absolute atomic E-state index is 13.2. The molecule has 180 valence electrons. The fourth-order valence-corrected chi connectivity index (χ4v) is 4.34. The number of anilines is 1. The highest BCUT2D eigenvalue weighted by Gasteiger charge is 2.37. The van der Waals surface area contributed by atoms with E-state index in [4.69, 9.17) is 0 Å². The number of rotatable bonds is 4. The van der Waals surface area contributed by atoms with Gasteiger partial charge in [-0.2, -0.15) is 13.2 Å². The number of hydrogen-bond donors (Lipinski definition) is 2. The first-order valence-corrected chi connectivity index (χ1v) is 10.8. The minimum Gasteiger partial charge on any atom is -0.367 e. The Kier molecular flexibility index (Phi) is 6.30. The van der Waals surface area contributed by atoms with Gasteiger partial charge >= 0.3 is 6.18 Å². The lowest BCUT2D eigenvalue weighted by atomic mass is 10.1. The van der Waals surface area contributed by atoms with Gasteiger partial charge in [0.15, 0.2) is 0 Å². The second-order valence-corrected chi connectivity index (χ2v) is 8.44. The summed E-state index contributed by atoms with van der Waals surface area (Å²) in [5, 5.41) is 2.55. The molecule has 1 fully saturated rings. The van der Waals surface area contributed by atoms with Crippen LogP contribution in [-0.4, -0.2) is 58.5 Å². The second kappa shape index (κ2) is 9.05. The standard InChI is InChI=1S/C23H25F3N6O2/c1-13-11-32(16-4-5-17(28-10-16)21(33)27-3)7-6-31(13)12-15-8-18-20(29-9-15)14(2)19(22(34)30-18)23(24,25)26/h4-5,8-10,13H,6-7,11-12H2,1-3H3,(H,27,33)(H,30,34)/t13-/m1/s1. The van der Waals surface area contributed by atoms with Crippen molar-refractivity contribution in [2.45, 2.75) is 32.6 Å². The lowest BCUT2D eigenvalue weighted by molar-refractivity contribution is -0.139. The number of H-pyrrole nitrogens is 1. The maximum atomic E-state index is 13.2. The number of aryl methyl sites for hydroxylation is 1. The molecule has 1 aliphatic heterocycles. The molecule has 1 saturated heterocycles. The molecule has 3 aromatic rings. The first-order chi connectivity index (χ1) is 16.1. The molecule has 0 spiro atoms. The van der Waals surface area contributed by atoms with Crippen LogP contribution in [0.15, 0.2) is 35.4 Å². The Morgan fingerprint density at radius 2 is 2.00 bits per heavy atom. The van der Waals surface area contributed by atoms with Crippen molar-refractivity contribution < 1.29 is 18.0 Å². The fraction of sp³-hybridized carbons (Fsp3) is 0.391. The number of aromatic amines is 1. The average molecular weight is 474 g/mol. The number of pyridine rings is 3. The zero-order chi connectivity index (χ0) is 24.6. The molecule has 4 rings (SSSR count). The summed E-state index contributed by atoms with van der Waals surface area (Å²) in [7, 11) is 1.56. The molecule has 2 N–H and O–H groups in total. The molecule has 4 heterocycles. The molecule has 0 saturated carbocycles. The number of halogens is 3. The van der Waals surface area contributed by atoms with Crippen molar-refractivity contribution in [1.29, 1.82) is 0 Å². The van der Waals surface area contributed by atoms with Crippen LogP contribution in [-0.2, 0) is 12.7 Å². The van der Waals surface area contributed by atoms with Crippen LogP contribution in [0, 0.1) is 6.92 Å². The highest BCUT2D eigenvalue weighted by Crippen LogP contribution is 2.31. The molecule has 3 aromatic heterocycles. The largest absolute Gasteiger partial charge is 0.422 e. The number of carbonyl (C=O) groups excluding carboxylic acids is 1. The van der Waals surface area contributed by atoms with E-state index in [2.05, 4.69) is 37.0 Å². The Morgan fingerprint density at radius 3 is 2.62 bits per heavy atom. The monoisotopic (exact) mass is 474 g/mol. The molecule has 0 unspecified atom stereocenters. The Balaban J connectivity index is 1.48. The van der Waals surface area contributed by atoms with Crippen molar-refractivity contribution in [3.8, 4) is 0 Å². The molecule has 8 nitrogen and oxygen atoms in total. The summed E-state index contributed by atoms with van der Waals surface area (Å²) in [6.45, 7) is 6.15. The minimum absolute atomic E-state index is 0.140. The van der Waals surface area contributed by atoms with E-state index >= 15 is 0 Å². The average Bonchev–Trinajstić information content (AvgIpc) is 2.79. The summed E-state index contributed by atoms with van der Waals surface area (Å²) < 4.78 is 39.6. The van der Waals surface area contributed by atoms with Gasteiger partial charge in [-0.15, -0.1) is 0 Å². The number of piperazine rings is 1. The van der Waals surface area contributed by atoms with Crippen LogP contribution in [0.2, 0.25) is 0 Å². The highest BCUT2D eigenvalue weighted by atomic mass is 19.4. The molecule has 1 atom stereocenters. The van der Waals surface area contributed by atoms with E-state index in [9.17, 15) is 22.8 Å². The predicted molar refractivity (Wildman–Crippen MR) is 122 cm³/mol. The van der Waals surface area contributed by atoms with E-state index in [0.717, 1.165) is 30.9 Å². The summed E-state index contributed by atoms with van der Waals surface area (Å²) in [6, 6.07) is 5.44. The van der Waals surface area contributed by atoms with Gasteiger partial charge < -0.3 is 15.2 Å². The Morgan fingerprint density at radius 1 is 1.24 bits per heavy atom. The zero-order valence-electron chi connectivity index (χ0n) is 19.0. The molecule has 0 aromatic carbocycles. The van der Waals surface area contributed by atoms with Crippen molar-refractivity contribution >= 4 is 22.6 Å². The SMILES string of the molecule is CNC(=O)c1ccc(N2CCN(Cc3cnc4c(C)c(C(F)(F)F)c(=O)[nH]c4c3)[C@H](C)C2)cn1. The molecule has 0 bridgehead atoms. The summed E-state index contributed by atoms with van der Waals surface area (Å²) >= 11 is 0. The second-order valence-electron chi connectivity index (χ2n) is 8.44. The Bertz CT molecular complexity index is 1270. The van der Waals surface area contributed by atoms with Crippen molar-refractivity contribution in [3.63, 3.8) is 0 Å². The number of carbonyl (C=O) groups is 1. The van der Waals surface area contributed by atoms with Gasteiger partial charge in [0.1, 0.15) is 11.3 Å². The predicted octanol–water partition coefficient (Wildman–Crippen LogP) is 2.72. The third-order valence-corrected chi connectivity index (χ3v) is 6.16. The van der Waals surface area contributed by atoms with E-state index in [-0.39, 0.29) is 23.0 Å². The topological polar surface area (TPSA) is 94.2 Å². The number of alkyl halides is 3. The van der Waals surface area contributed by atoms with Gasteiger partial charge in [0.25, 0.3) is 11.5 Å². The van der Waals surface area contributed by atoms with E-state index in [0.29, 0.717) is 17.8 Å². The van der Waals surface area contributed by atoms with E-state index in [1.165, 1.54) is 6.92 Å². The molecular formula is C23H25F3N6O2. The molecular weight excluding hydrogens is 449 g/mol. The highest BCUT2D eigenvalue weighted by molar-refractivity contribution is 5.92. The quantitative estimate of drug-likeness (QED) is 0.604. The summed E-state index contributed by atoms with van der Waals surface area (Å²) in [5.74, 6) is -0.236. The summed E-state index contributed by atoms with van der Waals surface area (Å²) in [5.41, 5.74) is -0.00687. The first-order valence-electron chi connectivity index (χ1n) is 10.8. The van der Waals surface area contributed by atoms with E-state index < -0.39 is 17.3 Å². The van der Waals surface area contributed by atoms with Crippen LogP contribution in [0.1, 0.15) is 34.1 Å². The zero-order valence-corrected chi connectivity index (χ0v) is 19.0. The molecule has 0 aliphatic carbocycles. The van der Waals surface area contributed by atoms with Gasteiger partial charge in [-0.3, -0.25) is 19.5 Å². The smallest absolute Gasteiger partial charge is 0.367 e. The maximum Gasteiger partial charge on any atom is 0.422 e. The third kappa shape index (κ3) is 4.60. The Hall–Kier alpha value is -3.47. The van der Waals surface area contributed by atoms with Gasteiger partial charge in [-0.05, 0) is 43.2 Å². The number of hydrogen-bond acceptors (Lipinski definition) is 6. The van der Waals surface area contributed by atoms with E-state index in [1.807, 2.05) is 6.07 Å². The number of nitrogens with one attached hydrogen (secondary N) is 2. The summed E-state index contributed by atoms with van der Waals surface area (Å²) in [4.78, 5) is 39.0. The van der Waals surface area contributed by atoms with Crippen molar-refractivity contribution in [1.82, 2.24) is 25.2 Å². The van der Waals surface area contributed by atoms with Crippen molar-refractivity contribution in [3.05, 3.63) is 63.3 Å². The minimum atomic E-state index is -4.74.